The Bertz CT molecular complexity index is 808. The van der Waals surface area contributed by atoms with Crippen LogP contribution >= 0.6 is 0 Å². The Morgan fingerprint density at radius 1 is 1.00 bits per heavy atom. The molecule has 0 unspecified atom stereocenters. The van der Waals surface area contributed by atoms with Crippen molar-refractivity contribution in [2.45, 2.75) is 40.5 Å². The SMILES string of the molecule is Cc1ccc2nc(C(C)C)c(Nc3c(C)cccc3C)n2c1. The van der Waals surface area contributed by atoms with Crippen molar-refractivity contribution in [3.63, 3.8) is 0 Å². The van der Waals surface area contributed by atoms with Gasteiger partial charge in [-0.3, -0.25) is 4.40 Å². The van der Waals surface area contributed by atoms with Crippen LogP contribution < -0.4 is 5.32 Å². The van der Waals surface area contributed by atoms with E-state index in [-0.39, 0.29) is 0 Å². The van der Waals surface area contributed by atoms with Crippen LogP contribution in [0, 0.1) is 20.8 Å². The average Bonchev–Trinajstić information content (AvgIpc) is 2.81. The van der Waals surface area contributed by atoms with E-state index in [1.165, 1.54) is 22.4 Å². The number of imidazole rings is 1. The quantitative estimate of drug-likeness (QED) is 0.725. The smallest absolute Gasteiger partial charge is 0.138 e. The average molecular weight is 293 g/mol. The van der Waals surface area contributed by atoms with Crippen molar-refractivity contribution in [1.29, 1.82) is 0 Å². The summed E-state index contributed by atoms with van der Waals surface area (Å²) in [6.07, 6.45) is 2.14. The van der Waals surface area contributed by atoms with E-state index in [0.29, 0.717) is 5.92 Å². The number of nitrogens with one attached hydrogen (secondary N) is 1. The molecule has 3 nitrogen and oxygen atoms in total. The Morgan fingerprint density at radius 3 is 2.32 bits per heavy atom. The molecule has 0 atom stereocenters. The summed E-state index contributed by atoms with van der Waals surface area (Å²) in [7, 11) is 0. The summed E-state index contributed by atoms with van der Waals surface area (Å²) in [5.74, 6) is 1.44. The highest BCUT2D eigenvalue weighted by Crippen LogP contribution is 2.31. The van der Waals surface area contributed by atoms with Crippen LogP contribution in [0.4, 0.5) is 11.5 Å². The van der Waals surface area contributed by atoms with Gasteiger partial charge in [0.1, 0.15) is 11.5 Å². The van der Waals surface area contributed by atoms with Gasteiger partial charge in [0.15, 0.2) is 0 Å². The second kappa shape index (κ2) is 5.48. The highest BCUT2D eigenvalue weighted by molar-refractivity contribution is 5.69. The van der Waals surface area contributed by atoms with E-state index < -0.39 is 0 Å². The number of benzene rings is 1. The van der Waals surface area contributed by atoms with Gasteiger partial charge in [-0.15, -0.1) is 0 Å². The van der Waals surface area contributed by atoms with E-state index >= 15 is 0 Å². The van der Waals surface area contributed by atoms with Crippen molar-refractivity contribution in [2.75, 3.05) is 5.32 Å². The molecular formula is C19H23N3. The van der Waals surface area contributed by atoms with Crippen molar-refractivity contribution in [3.8, 4) is 0 Å². The van der Waals surface area contributed by atoms with Gasteiger partial charge in [0.05, 0.1) is 5.69 Å². The number of aryl methyl sites for hydroxylation is 3. The molecule has 1 aromatic carbocycles. The van der Waals surface area contributed by atoms with Gasteiger partial charge < -0.3 is 5.32 Å². The topological polar surface area (TPSA) is 29.3 Å². The van der Waals surface area contributed by atoms with Gasteiger partial charge >= 0.3 is 0 Å². The second-order valence-corrected chi connectivity index (χ2v) is 6.33. The maximum atomic E-state index is 4.81. The molecule has 3 aromatic rings. The van der Waals surface area contributed by atoms with Gasteiger partial charge in [-0.05, 0) is 49.4 Å². The molecule has 3 rings (SSSR count). The van der Waals surface area contributed by atoms with Crippen LogP contribution in [0.2, 0.25) is 0 Å². The van der Waals surface area contributed by atoms with E-state index in [0.717, 1.165) is 17.2 Å². The number of aromatic nitrogens is 2. The summed E-state index contributed by atoms with van der Waals surface area (Å²) in [6.45, 7) is 10.8. The minimum absolute atomic E-state index is 0.368. The van der Waals surface area contributed by atoms with Gasteiger partial charge in [0.25, 0.3) is 0 Å². The number of hydrogen-bond donors (Lipinski definition) is 1. The Balaban J connectivity index is 2.20. The predicted octanol–water partition coefficient (Wildman–Crippen LogP) is 5.13. The molecular weight excluding hydrogens is 270 g/mol. The number of pyridine rings is 1. The Morgan fingerprint density at radius 2 is 1.68 bits per heavy atom. The molecule has 22 heavy (non-hydrogen) atoms. The maximum absolute atomic E-state index is 4.81. The maximum Gasteiger partial charge on any atom is 0.138 e. The normalized spacial score (nSPS) is 11.4. The molecule has 0 aliphatic carbocycles. The van der Waals surface area contributed by atoms with E-state index in [1.54, 1.807) is 0 Å². The molecule has 0 aliphatic rings. The van der Waals surface area contributed by atoms with E-state index in [1.807, 2.05) is 0 Å². The summed E-state index contributed by atoms with van der Waals surface area (Å²) >= 11 is 0. The van der Waals surface area contributed by atoms with Crippen LogP contribution in [-0.4, -0.2) is 9.38 Å². The van der Waals surface area contributed by atoms with E-state index in [2.05, 4.69) is 80.9 Å². The zero-order valence-electron chi connectivity index (χ0n) is 13.9. The molecule has 0 fully saturated rings. The van der Waals surface area contributed by atoms with Crippen molar-refractivity contribution in [1.82, 2.24) is 9.38 Å². The predicted molar refractivity (Wildman–Crippen MR) is 93.2 cm³/mol. The summed E-state index contributed by atoms with van der Waals surface area (Å²) in [5.41, 5.74) is 6.99. The van der Waals surface area contributed by atoms with Crippen LogP contribution in [0.15, 0.2) is 36.5 Å². The lowest BCUT2D eigenvalue weighted by atomic mass is 10.1. The minimum Gasteiger partial charge on any atom is -0.339 e. The second-order valence-electron chi connectivity index (χ2n) is 6.33. The summed E-state index contributed by atoms with van der Waals surface area (Å²) in [6, 6.07) is 10.6. The fourth-order valence-corrected chi connectivity index (χ4v) is 2.83. The number of rotatable bonds is 3. The number of fused-ring (bicyclic) bond motifs is 1. The third-order valence-corrected chi connectivity index (χ3v) is 4.06. The lowest BCUT2D eigenvalue weighted by Crippen LogP contribution is -2.03. The zero-order valence-corrected chi connectivity index (χ0v) is 13.9. The molecule has 114 valence electrons. The number of para-hydroxylation sites is 1. The lowest BCUT2D eigenvalue weighted by molar-refractivity contribution is 0.837. The first kappa shape index (κ1) is 14.6. The molecule has 0 radical (unpaired) electrons. The Labute approximate surface area is 132 Å². The molecule has 2 aromatic heterocycles. The largest absolute Gasteiger partial charge is 0.339 e. The van der Waals surface area contributed by atoms with Crippen LogP contribution in [-0.2, 0) is 0 Å². The zero-order chi connectivity index (χ0) is 15.9. The van der Waals surface area contributed by atoms with E-state index in [4.69, 9.17) is 4.98 Å². The lowest BCUT2D eigenvalue weighted by Gasteiger charge is -2.15. The summed E-state index contributed by atoms with van der Waals surface area (Å²) < 4.78 is 2.16. The molecule has 0 aliphatic heterocycles. The molecule has 1 N–H and O–H groups in total. The van der Waals surface area contributed by atoms with Crippen molar-refractivity contribution in [3.05, 3.63) is 58.9 Å². The summed E-state index contributed by atoms with van der Waals surface area (Å²) in [5, 5.41) is 3.64. The highest BCUT2D eigenvalue weighted by Gasteiger charge is 2.16. The molecule has 2 heterocycles. The first-order valence-corrected chi connectivity index (χ1v) is 7.79. The standard InChI is InChI=1S/C19H23N3/c1-12(2)17-19(21-18-14(4)7-6-8-15(18)5)22-11-13(3)9-10-16(22)20-17/h6-12,21H,1-5H3. The molecule has 3 heteroatoms. The molecule has 0 spiro atoms. The first-order chi connectivity index (χ1) is 10.5. The van der Waals surface area contributed by atoms with Crippen LogP contribution in [0.1, 0.15) is 42.1 Å². The van der Waals surface area contributed by atoms with Crippen LogP contribution in [0.3, 0.4) is 0 Å². The minimum atomic E-state index is 0.368. The summed E-state index contributed by atoms with van der Waals surface area (Å²) in [4.78, 5) is 4.81. The Kier molecular flexibility index (Phi) is 3.65. The molecule has 0 amide bonds. The first-order valence-electron chi connectivity index (χ1n) is 7.79. The third-order valence-electron chi connectivity index (χ3n) is 4.06. The third kappa shape index (κ3) is 2.47. The molecule has 0 saturated heterocycles. The number of anilines is 2. The fourth-order valence-electron chi connectivity index (χ4n) is 2.83. The van der Waals surface area contributed by atoms with Gasteiger partial charge in [0, 0.05) is 11.9 Å². The fraction of sp³-hybridized carbons (Fsp3) is 0.316. The van der Waals surface area contributed by atoms with Gasteiger partial charge in [-0.2, -0.15) is 0 Å². The van der Waals surface area contributed by atoms with E-state index in [9.17, 15) is 0 Å². The molecule has 0 bridgehead atoms. The van der Waals surface area contributed by atoms with Crippen molar-refractivity contribution in [2.24, 2.45) is 0 Å². The van der Waals surface area contributed by atoms with Crippen LogP contribution in [0.5, 0.6) is 0 Å². The number of nitrogens with zero attached hydrogens (tertiary/aromatic N) is 2. The van der Waals surface area contributed by atoms with Crippen molar-refractivity contribution >= 4 is 17.2 Å². The van der Waals surface area contributed by atoms with Crippen molar-refractivity contribution < 1.29 is 0 Å². The molecule has 0 saturated carbocycles. The monoisotopic (exact) mass is 293 g/mol. The Hall–Kier alpha value is -2.29. The van der Waals surface area contributed by atoms with Gasteiger partial charge in [-0.1, -0.05) is 38.1 Å². The highest BCUT2D eigenvalue weighted by atomic mass is 15.1. The van der Waals surface area contributed by atoms with Gasteiger partial charge in [-0.25, -0.2) is 4.98 Å². The van der Waals surface area contributed by atoms with Crippen LogP contribution in [0.25, 0.3) is 5.65 Å². The number of hydrogen-bond acceptors (Lipinski definition) is 2. The van der Waals surface area contributed by atoms with Gasteiger partial charge in [0.2, 0.25) is 0 Å².